The van der Waals surface area contributed by atoms with Gasteiger partial charge in [-0.2, -0.15) is 0 Å². The first kappa shape index (κ1) is 18.1. The van der Waals surface area contributed by atoms with Gasteiger partial charge in [-0.15, -0.1) is 0 Å². The molecule has 1 amide bonds. The van der Waals surface area contributed by atoms with Gasteiger partial charge < -0.3 is 15.0 Å². The molecular weight excluding hydrogens is 324 g/mol. The van der Waals surface area contributed by atoms with E-state index in [1.807, 2.05) is 37.4 Å². The summed E-state index contributed by atoms with van der Waals surface area (Å²) in [7, 11) is 0. The molecule has 0 saturated heterocycles. The summed E-state index contributed by atoms with van der Waals surface area (Å²) in [5, 5.41) is 4.14. The van der Waals surface area contributed by atoms with Crippen molar-refractivity contribution in [1.29, 1.82) is 0 Å². The monoisotopic (exact) mass is 350 g/mol. The lowest BCUT2D eigenvalue weighted by Gasteiger charge is -2.13. The lowest BCUT2D eigenvalue weighted by atomic mass is 10.0. The number of hydrogen-bond donors (Lipinski definition) is 2. The Bertz CT molecular complexity index is 896. The van der Waals surface area contributed by atoms with Gasteiger partial charge in [-0.1, -0.05) is 44.2 Å². The number of ether oxygens (including phenoxy) is 1. The van der Waals surface area contributed by atoms with E-state index < -0.39 is 0 Å². The molecule has 2 N–H and O–H groups in total. The van der Waals surface area contributed by atoms with Crippen LogP contribution < -0.4 is 10.1 Å². The van der Waals surface area contributed by atoms with Crippen molar-refractivity contribution in [3.63, 3.8) is 0 Å². The number of benzene rings is 2. The van der Waals surface area contributed by atoms with Crippen molar-refractivity contribution in [3.05, 3.63) is 65.4 Å². The smallest absolute Gasteiger partial charge is 0.257 e. The molecule has 3 rings (SSSR count). The second kappa shape index (κ2) is 8.09. The zero-order valence-corrected chi connectivity index (χ0v) is 15.6. The summed E-state index contributed by atoms with van der Waals surface area (Å²) in [5.74, 6) is 1.12. The fourth-order valence-corrected chi connectivity index (χ4v) is 3.00. The number of hydrogen-bond acceptors (Lipinski definition) is 2. The van der Waals surface area contributed by atoms with Crippen LogP contribution in [-0.4, -0.2) is 24.0 Å². The van der Waals surface area contributed by atoms with Gasteiger partial charge in [-0.25, -0.2) is 0 Å². The minimum Gasteiger partial charge on any atom is -0.483 e. The van der Waals surface area contributed by atoms with Crippen LogP contribution in [0.2, 0.25) is 0 Å². The van der Waals surface area contributed by atoms with Crippen LogP contribution in [0.4, 0.5) is 0 Å². The molecule has 0 fully saturated rings. The average molecular weight is 350 g/mol. The van der Waals surface area contributed by atoms with E-state index in [0.29, 0.717) is 12.5 Å². The SMILES string of the molecule is Cc1ccc(C(C)C)cc1OCC(=O)NCCc1c[nH]c2ccccc12. The van der Waals surface area contributed by atoms with Crippen molar-refractivity contribution >= 4 is 16.8 Å². The summed E-state index contributed by atoms with van der Waals surface area (Å²) in [5.41, 5.74) is 4.59. The third-order valence-electron chi connectivity index (χ3n) is 4.63. The summed E-state index contributed by atoms with van der Waals surface area (Å²) >= 11 is 0. The average Bonchev–Trinajstić information content (AvgIpc) is 3.04. The Morgan fingerprint density at radius 3 is 2.81 bits per heavy atom. The van der Waals surface area contributed by atoms with Crippen molar-refractivity contribution in [1.82, 2.24) is 10.3 Å². The number of rotatable bonds is 7. The second-order valence-electron chi connectivity index (χ2n) is 6.93. The van der Waals surface area contributed by atoms with Crippen molar-refractivity contribution < 1.29 is 9.53 Å². The Balaban J connectivity index is 1.50. The summed E-state index contributed by atoms with van der Waals surface area (Å²) < 4.78 is 5.73. The molecule has 2 aromatic carbocycles. The van der Waals surface area contributed by atoms with Gasteiger partial charge in [0.2, 0.25) is 0 Å². The minimum absolute atomic E-state index is 0.0380. The standard InChI is InChI=1S/C22H26N2O2/c1-15(2)17-9-8-16(3)21(12-17)26-14-22(25)23-11-10-18-13-24-20-7-5-4-6-19(18)20/h4-9,12-13,15,24H,10-11,14H2,1-3H3,(H,23,25). The number of fused-ring (bicyclic) bond motifs is 1. The fourth-order valence-electron chi connectivity index (χ4n) is 3.00. The van der Waals surface area contributed by atoms with E-state index in [1.54, 1.807) is 0 Å². The van der Waals surface area contributed by atoms with Crippen molar-refractivity contribution in [2.45, 2.75) is 33.1 Å². The number of carbonyl (C=O) groups is 1. The first-order valence-electron chi connectivity index (χ1n) is 9.09. The Morgan fingerprint density at radius 2 is 2.00 bits per heavy atom. The first-order valence-corrected chi connectivity index (χ1v) is 9.09. The molecule has 3 aromatic rings. The number of carbonyl (C=O) groups excluding carboxylic acids is 1. The molecule has 4 heteroatoms. The number of nitrogens with one attached hydrogen (secondary N) is 2. The van der Waals surface area contributed by atoms with Crippen molar-refractivity contribution in [2.24, 2.45) is 0 Å². The van der Waals surface area contributed by atoms with Crippen LogP contribution in [0, 0.1) is 6.92 Å². The topological polar surface area (TPSA) is 54.1 Å². The number of para-hydroxylation sites is 1. The fraction of sp³-hybridized carbons (Fsp3) is 0.318. The highest BCUT2D eigenvalue weighted by Gasteiger charge is 2.08. The minimum atomic E-state index is -0.0980. The molecule has 1 aromatic heterocycles. The molecule has 0 atom stereocenters. The maximum atomic E-state index is 12.1. The van der Waals surface area contributed by atoms with Gasteiger partial charge in [0.1, 0.15) is 5.75 Å². The zero-order chi connectivity index (χ0) is 18.5. The molecule has 4 nitrogen and oxygen atoms in total. The molecule has 0 spiro atoms. The first-order chi connectivity index (χ1) is 12.5. The molecule has 0 aliphatic heterocycles. The van der Waals surface area contributed by atoms with Gasteiger partial charge in [0.25, 0.3) is 5.91 Å². The van der Waals surface area contributed by atoms with Gasteiger partial charge >= 0.3 is 0 Å². The normalized spacial score (nSPS) is 11.1. The molecule has 26 heavy (non-hydrogen) atoms. The van der Waals surface area contributed by atoms with E-state index in [4.69, 9.17) is 4.74 Å². The molecule has 0 bridgehead atoms. The number of amides is 1. The molecule has 0 saturated carbocycles. The Morgan fingerprint density at radius 1 is 1.19 bits per heavy atom. The quantitative estimate of drug-likeness (QED) is 0.666. The summed E-state index contributed by atoms with van der Waals surface area (Å²) in [6.07, 6.45) is 2.80. The molecule has 0 aliphatic rings. The van der Waals surface area contributed by atoms with Crippen molar-refractivity contribution in [2.75, 3.05) is 13.2 Å². The van der Waals surface area contributed by atoms with Gasteiger partial charge in [0.15, 0.2) is 6.61 Å². The maximum absolute atomic E-state index is 12.1. The van der Waals surface area contributed by atoms with Crippen LogP contribution in [0.5, 0.6) is 5.75 Å². The third-order valence-corrected chi connectivity index (χ3v) is 4.63. The highest BCUT2D eigenvalue weighted by atomic mass is 16.5. The predicted molar refractivity (Wildman–Crippen MR) is 106 cm³/mol. The van der Waals surface area contributed by atoms with Crippen molar-refractivity contribution in [3.8, 4) is 5.75 Å². The van der Waals surface area contributed by atoms with Crippen LogP contribution in [0.25, 0.3) is 10.9 Å². The summed E-state index contributed by atoms with van der Waals surface area (Å²) in [6, 6.07) is 14.4. The molecule has 0 aliphatic carbocycles. The van der Waals surface area contributed by atoms with Gasteiger partial charge in [0, 0.05) is 23.6 Å². The van der Waals surface area contributed by atoms with E-state index in [2.05, 4.69) is 42.3 Å². The lowest BCUT2D eigenvalue weighted by Crippen LogP contribution is -2.30. The molecule has 0 radical (unpaired) electrons. The number of aromatic nitrogens is 1. The van der Waals surface area contributed by atoms with E-state index in [1.165, 1.54) is 16.5 Å². The molecular formula is C22H26N2O2. The van der Waals surface area contributed by atoms with E-state index in [0.717, 1.165) is 23.3 Å². The third kappa shape index (κ3) is 4.26. The number of aryl methyl sites for hydroxylation is 1. The Hall–Kier alpha value is -2.75. The van der Waals surface area contributed by atoms with Crippen LogP contribution in [0.3, 0.4) is 0 Å². The predicted octanol–water partition coefficient (Wildman–Crippen LogP) is 4.34. The van der Waals surface area contributed by atoms with Gasteiger partial charge in [0.05, 0.1) is 0 Å². The molecule has 0 unspecified atom stereocenters. The lowest BCUT2D eigenvalue weighted by molar-refractivity contribution is -0.123. The largest absolute Gasteiger partial charge is 0.483 e. The van der Waals surface area contributed by atoms with E-state index in [9.17, 15) is 4.79 Å². The number of aromatic amines is 1. The van der Waals surface area contributed by atoms with Crippen LogP contribution >= 0.6 is 0 Å². The number of H-pyrrole nitrogens is 1. The molecule has 136 valence electrons. The van der Waals surface area contributed by atoms with Crippen LogP contribution in [-0.2, 0) is 11.2 Å². The van der Waals surface area contributed by atoms with Crippen LogP contribution in [0.15, 0.2) is 48.7 Å². The zero-order valence-electron chi connectivity index (χ0n) is 15.6. The second-order valence-corrected chi connectivity index (χ2v) is 6.93. The highest BCUT2D eigenvalue weighted by Crippen LogP contribution is 2.24. The van der Waals surface area contributed by atoms with E-state index >= 15 is 0 Å². The Labute approximate surface area is 154 Å². The Kier molecular flexibility index (Phi) is 5.61. The van der Waals surface area contributed by atoms with Gasteiger partial charge in [-0.05, 0) is 48.1 Å². The maximum Gasteiger partial charge on any atom is 0.257 e. The molecule has 1 heterocycles. The summed E-state index contributed by atoms with van der Waals surface area (Å²) in [6.45, 7) is 6.91. The summed E-state index contributed by atoms with van der Waals surface area (Å²) in [4.78, 5) is 15.4. The van der Waals surface area contributed by atoms with Gasteiger partial charge in [-0.3, -0.25) is 4.79 Å². The van der Waals surface area contributed by atoms with Crippen LogP contribution in [0.1, 0.15) is 36.5 Å². The van der Waals surface area contributed by atoms with E-state index in [-0.39, 0.29) is 12.5 Å². The highest BCUT2D eigenvalue weighted by molar-refractivity contribution is 5.83.